The van der Waals surface area contributed by atoms with Crippen molar-refractivity contribution in [2.75, 3.05) is 7.05 Å². The van der Waals surface area contributed by atoms with Crippen LogP contribution in [0.5, 0.6) is 0 Å². The van der Waals surface area contributed by atoms with E-state index in [4.69, 9.17) is 0 Å². The zero-order chi connectivity index (χ0) is 17.4. The maximum Gasteiger partial charge on any atom is 0.242 e. The van der Waals surface area contributed by atoms with Crippen LogP contribution in [0, 0.1) is 6.92 Å². The van der Waals surface area contributed by atoms with Gasteiger partial charge in [0.1, 0.15) is 23.4 Å². The van der Waals surface area contributed by atoms with Gasteiger partial charge < -0.3 is 9.47 Å². The van der Waals surface area contributed by atoms with Crippen molar-refractivity contribution in [2.45, 2.75) is 20.0 Å². The molecule has 0 aliphatic heterocycles. The Balaban J connectivity index is 1.52. The van der Waals surface area contributed by atoms with Gasteiger partial charge in [-0.1, -0.05) is 18.2 Å². The summed E-state index contributed by atoms with van der Waals surface area (Å²) in [7, 11) is 1.82. The summed E-state index contributed by atoms with van der Waals surface area (Å²) in [5, 5.41) is 0. The molecule has 7 heteroatoms. The lowest BCUT2D eigenvalue weighted by Gasteiger charge is -2.18. The Hall–Kier alpha value is -2.80. The highest BCUT2D eigenvalue weighted by Crippen LogP contribution is 2.17. The number of aromatic nitrogens is 4. The topological polar surface area (TPSA) is 63.9 Å². The number of rotatable bonds is 4. The molecular formula is C18H17N5OS. The van der Waals surface area contributed by atoms with Gasteiger partial charge in [-0.15, -0.1) is 0 Å². The monoisotopic (exact) mass is 351 g/mol. The summed E-state index contributed by atoms with van der Waals surface area (Å²) in [4.78, 5) is 18.9. The van der Waals surface area contributed by atoms with Gasteiger partial charge in [0.25, 0.3) is 0 Å². The standard InChI is InChI=1S/C18H17N5OS/c1-12-19-15-5-3-4-6-17(15)23(12)11-18(24)22(2)10-13-7-8-14-16(9-13)21-25-20-14/h3-9H,10-11H2,1-2H3. The molecule has 6 nitrogen and oxygen atoms in total. The first-order valence-corrected chi connectivity index (χ1v) is 8.72. The predicted octanol–water partition coefficient (Wildman–Crippen LogP) is 3.01. The number of fused-ring (bicyclic) bond motifs is 2. The number of hydrogen-bond donors (Lipinski definition) is 0. The highest BCUT2D eigenvalue weighted by molar-refractivity contribution is 7.00. The third-order valence-corrected chi connectivity index (χ3v) is 4.86. The lowest BCUT2D eigenvalue weighted by Crippen LogP contribution is -2.30. The van der Waals surface area contributed by atoms with E-state index in [9.17, 15) is 4.79 Å². The number of carbonyl (C=O) groups is 1. The second-order valence-electron chi connectivity index (χ2n) is 6.07. The van der Waals surface area contributed by atoms with E-state index in [2.05, 4.69) is 13.7 Å². The molecule has 0 aliphatic carbocycles. The highest BCUT2D eigenvalue weighted by atomic mass is 32.1. The van der Waals surface area contributed by atoms with Crippen LogP contribution in [-0.4, -0.2) is 36.2 Å². The predicted molar refractivity (Wildman–Crippen MR) is 98.4 cm³/mol. The second-order valence-corrected chi connectivity index (χ2v) is 6.60. The molecule has 1 amide bonds. The molecule has 126 valence electrons. The molecule has 0 spiro atoms. The van der Waals surface area contributed by atoms with Crippen LogP contribution in [0.25, 0.3) is 22.1 Å². The average molecular weight is 351 g/mol. The Kier molecular flexibility index (Phi) is 3.93. The highest BCUT2D eigenvalue weighted by Gasteiger charge is 2.14. The molecule has 0 bridgehead atoms. The van der Waals surface area contributed by atoms with Gasteiger partial charge in [-0.25, -0.2) is 4.98 Å². The van der Waals surface area contributed by atoms with Gasteiger partial charge in [0.15, 0.2) is 0 Å². The molecule has 0 saturated heterocycles. The van der Waals surface area contributed by atoms with E-state index in [1.807, 2.05) is 61.0 Å². The van der Waals surface area contributed by atoms with Crippen molar-refractivity contribution in [3.63, 3.8) is 0 Å². The fourth-order valence-corrected chi connectivity index (χ4v) is 3.46. The smallest absolute Gasteiger partial charge is 0.242 e. The van der Waals surface area contributed by atoms with Crippen LogP contribution in [0.3, 0.4) is 0 Å². The summed E-state index contributed by atoms with van der Waals surface area (Å²) in [6.45, 7) is 2.75. The van der Waals surface area contributed by atoms with Crippen molar-refractivity contribution in [1.29, 1.82) is 0 Å². The molecule has 2 heterocycles. The van der Waals surface area contributed by atoms with Crippen LogP contribution in [0.2, 0.25) is 0 Å². The third kappa shape index (κ3) is 2.98. The normalized spacial score (nSPS) is 11.3. The summed E-state index contributed by atoms with van der Waals surface area (Å²) < 4.78 is 10.4. The quantitative estimate of drug-likeness (QED) is 0.567. The first kappa shape index (κ1) is 15.7. The SMILES string of the molecule is Cc1nc2ccccc2n1CC(=O)N(C)Cc1ccc2nsnc2c1. The van der Waals surface area contributed by atoms with E-state index in [-0.39, 0.29) is 12.5 Å². The second kappa shape index (κ2) is 6.25. The maximum absolute atomic E-state index is 12.7. The Morgan fingerprint density at radius 2 is 1.92 bits per heavy atom. The first-order chi connectivity index (χ1) is 12.1. The summed E-state index contributed by atoms with van der Waals surface area (Å²) in [6, 6.07) is 13.8. The summed E-state index contributed by atoms with van der Waals surface area (Å²) in [5.41, 5.74) is 4.71. The van der Waals surface area contributed by atoms with Gasteiger partial charge in [-0.05, 0) is 36.8 Å². The average Bonchev–Trinajstić information content (AvgIpc) is 3.19. The maximum atomic E-state index is 12.7. The number of nitrogens with zero attached hydrogens (tertiary/aromatic N) is 5. The van der Waals surface area contributed by atoms with Crippen molar-refractivity contribution >= 4 is 39.7 Å². The number of aryl methyl sites for hydroxylation is 1. The van der Waals surface area contributed by atoms with Crippen LogP contribution >= 0.6 is 11.7 Å². The minimum atomic E-state index is 0.0442. The molecule has 4 rings (SSSR count). The Morgan fingerprint density at radius 1 is 1.12 bits per heavy atom. The van der Waals surface area contributed by atoms with E-state index >= 15 is 0 Å². The molecule has 2 aromatic carbocycles. The number of benzene rings is 2. The van der Waals surface area contributed by atoms with Crippen molar-refractivity contribution in [2.24, 2.45) is 0 Å². The van der Waals surface area contributed by atoms with Gasteiger partial charge >= 0.3 is 0 Å². The molecule has 0 N–H and O–H groups in total. The van der Waals surface area contributed by atoms with Crippen molar-refractivity contribution < 1.29 is 4.79 Å². The van der Waals surface area contributed by atoms with Gasteiger partial charge in [-0.3, -0.25) is 4.79 Å². The van der Waals surface area contributed by atoms with Gasteiger partial charge in [0.05, 0.1) is 22.8 Å². The first-order valence-electron chi connectivity index (χ1n) is 7.99. The number of hydrogen-bond acceptors (Lipinski definition) is 5. The van der Waals surface area contributed by atoms with E-state index < -0.39 is 0 Å². The Morgan fingerprint density at radius 3 is 2.80 bits per heavy atom. The molecule has 25 heavy (non-hydrogen) atoms. The van der Waals surface area contributed by atoms with Gasteiger partial charge in [0, 0.05) is 13.6 Å². The van der Waals surface area contributed by atoms with Crippen LogP contribution < -0.4 is 0 Å². The Labute approximate surface area is 149 Å². The third-order valence-electron chi connectivity index (χ3n) is 4.30. The molecule has 0 atom stereocenters. The number of carbonyl (C=O) groups excluding carboxylic acids is 1. The van der Waals surface area contributed by atoms with Crippen LogP contribution in [0.1, 0.15) is 11.4 Å². The molecule has 0 saturated carbocycles. The number of imidazole rings is 1. The van der Waals surface area contributed by atoms with Crippen molar-refractivity contribution in [3.05, 3.63) is 53.9 Å². The van der Waals surface area contributed by atoms with E-state index in [0.29, 0.717) is 6.54 Å². The minimum Gasteiger partial charge on any atom is -0.340 e. The van der Waals surface area contributed by atoms with Crippen LogP contribution in [0.4, 0.5) is 0 Å². The van der Waals surface area contributed by atoms with Crippen molar-refractivity contribution in [1.82, 2.24) is 23.2 Å². The lowest BCUT2D eigenvalue weighted by atomic mass is 10.2. The van der Waals surface area contributed by atoms with E-state index in [0.717, 1.165) is 33.5 Å². The molecule has 0 unspecified atom stereocenters. The van der Waals surface area contributed by atoms with E-state index in [1.165, 1.54) is 11.7 Å². The fraction of sp³-hybridized carbons (Fsp3) is 0.222. The van der Waals surface area contributed by atoms with Crippen LogP contribution in [0.15, 0.2) is 42.5 Å². The molecule has 0 radical (unpaired) electrons. The molecule has 4 aromatic rings. The summed E-state index contributed by atoms with van der Waals surface area (Å²) in [5.74, 6) is 0.890. The van der Waals surface area contributed by atoms with Crippen molar-refractivity contribution in [3.8, 4) is 0 Å². The number of amides is 1. The van der Waals surface area contributed by atoms with E-state index in [1.54, 1.807) is 4.90 Å². The molecular weight excluding hydrogens is 334 g/mol. The van der Waals surface area contributed by atoms with Crippen LogP contribution in [-0.2, 0) is 17.9 Å². The number of para-hydroxylation sites is 2. The van der Waals surface area contributed by atoms with Gasteiger partial charge in [0.2, 0.25) is 5.91 Å². The Bertz CT molecular complexity index is 1070. The molecule has 0 fully saturated rings. The zero-order valence-corrected chi connectivity index (χ0v) is 14.8. The summed E-state index contributed by atoms with van der Waals surface area (Å²) in [6.07, 6.45) is 0. The largest absolute Gasteiger partial charge is 0.340 e. The fourth-order valence-electron chi connectivity index (χ4n) is 2.94. The molecule has 0 aliphatic rings. The number of likely N-dealkylation sites (N-methyl/N-ethyl adjacent to an activating group) is 1. The summed E-state index contributed by atoms with van der Waals surface area (Å²) >= 11 is 1.20. The zero-order valence-electron chi connectivity index (χ0n) is 14.0. The molecule has 2 aromatic heterocycles. The van der Waals surface area contributed by atoms with Gasteiger partial charge in [-0.2, -0.15) is 8.75 Å². The lowest BCUT2D eigenvalue weighted by molar-refractivity contribution is -0.131. The minimum absolute atomic E-state index is 0.0442.